The fourth-order valence-electron chi connectivity index (χ4n) is 0.610. The van der Waals surface area contributed by atoms with Crippen molar-refractivity contribution in [2.24, 2.45) is 5.73 Å². The summed E-state index contributed by atoms with van der Waals surface area (Å²) in [6.07, 6.45) is -0.170. The minimum Gasteiger partial charge on any atom is -0.480 e. The summed E-state index contributed by atoms with van der Waals surface area (Å²) in [7, 11) is -2.37. The number of nitrogens with two attached hydrogens (primary N) is 1. The minimum absolute atomic E-state index is 0.170. The van der Waals surface area contributed by atoms with E-state index in [0.29, 0.717) is 0 Å². The van der Waals surface area contributed by atoms with Crippen molar-refractivity contribution >= 4 is 13.8 Å². The van der Waals surface area contributed by atoms with Crippen LogP contribution in [0.25, 0.3) is 0 Å². The lowest BCUT2D eigenvalue weighted by molar-refractivity contribution is -0.140. The van der Waals surface area contributed by atoms with Crippen molar-refractivity contribution < 1.29 is 19.6 Å². The van der Waals surface area contributed by atoms with Crippen LogP contribution in [0, 0.1) is 0 Å². The Morgan fingerprint density at radius 1 is 1.73 bits per heavy atom. The number of aliphatic hydroxyl groups excluding tert-OH is 1. The molecule has 66 valence electrons. The molecule has 0 saturated heterocycles. The fraction of sp³-hybridized carbons (Fsp3) is 0.800. The van der Waals surface area contributed by atoms with Crippen LogP contribution in [0.4, 0.5) is 0 Å². The summed E-state index contributed by atoms with van der Waals surface area (Å²) in [6.45, 7) is 0.904. The highest BCUT2D eigenvalue weighted by atomic mass is 31.1. The Labute approximate surface area is 65.0 Å². The Morgan fingerprint density at radius 2 is 2.18 bits per heavy atom. The van der Waals surface area contributed by atoms with Crippen LogP contribution in [0.2, 0.25) is 0 Å². The van der Waals surface area contributed by atoms with Crippen LogP contribution >= 0.6 is 7.80 Å². The average Bonchev–Trinajstić information content (AvgIpc) is 1.87. The zero-order valence-electron chi connectivity index (χ0n) is 6.20. The van der Waals surface area contributed by atoms with Crippen molar-refractivity contribution in [2.75, 3.05) is 13.3 Å². The zero-order valence-corrected chi connectivity index (χ0v) is 7.20. The van der Waals surface area contributed by atoms with Gasteiger partial charge in [0.2, 0.25) is 0 Å². The number of aliphatic hydroxyl groups is 1. The third kappa shape index (κ3) is 2.29. The van der Waals surface area contributed by atoms with E-state index >= 15 is 0 Å². The molecule has 0 aliphatic carbocycles. The van der Waals surface area contributed by atoms with Crippen LogP contribution in [0.15, 0.2) is 0 Å². The maximum absolute atomic E-state index is 10.9. The summed E-state index contributed by atoms with van der Waals surface area (Å²) in [5, 5.41) is 15.2. The molecule has 0 heterocycles. The molecule has 0 saturated carbocycles. The Balaban J connectivity index is 4.52. The molecule has 0 rings (SSSR count). The number of hydrogen-bond acceptors (Lipinski definition) is 4. The minimum atomic E-state index is -2.37. The largest absolute Gasteiger partial charge is 0.480 e. The van der Waals surface area contributed by atoms with Gasteiger partial charge >= 0.3 is 5.97 Å². The SMILES string of the molecule is C[PH](=O)C(N)(CCO)C(=O)O. The molecule has 6 heteroatoms. The Kier molecular flexibility index (Phi) is 3.72. The van der Waals surface area contributed by atoms with E-state index in [1.54, 1.807) is 0 Å². The van der Waals surface area contributed by atoms with Crippen molar-refractivity contribution in [3.63, 3.8) is 0 Å². The summed E-state index contributed by atoms with van der Waals surface area (Å²) in [4.78, 5) is 10.4. The first-order chi connectivity index (χ1) is 4.95. The van der Waals surface area contributed by atoms with Crippen LogP contribution in [0.1, 0.15) is 6.42 Å². The topological polar surface area (TPSA) is 101 Å². The molecule has 0 radical (unpaired) electrons. The van der Waals surface area contributed by atoms with Crippen LogP contribution in [-0.2, 0) is 9.36 Å². The molecule has 2 atom stereocenters. The van der Waals surface area contributed by atoms with Gasteiger partial charge in [0.05, 0.1) is 0 Å². The van der Waals surface area contributed by atoms with Crippen molar-refractivity contribution in [1.29, 1.82) is 0 Å². The smallest absolute Gasteiger partial charge is 0.331 e. The molecule has 0 bridgehead atoms. The summed E-state index contributed by atoms with van der Waals surface area (Å²) < 4.78 is 10.9. The van der Waals surface area contributed by atoms with E-state index in [1.165, 1.54) is 6.66 Å². The van der Waals surface area contributed by atoms with Gasteiger partial charge in [-0.1, -0.05) is 0 Å². The van der Waals surface area contributed by atoms with Gasteiger partial charge in [0.1, 0.15) is 7.80 Å². The van der Waals surface area contributed by atoms with Gasteiger partial charge in [-0.15, -0.1) is 0 Å². The van der Waals surface area contributed by atoms with Gasteiger partial charge in [-0.3, -0.25) is 0 Å². The van der Waals surface area contributed by atoms with Gasteiger partial charge < -0.3 is 20.5 Å². The van der Waals surface area contributed by atoms with Gasteiger partial charge in [0.25, 0.3) is 0 Å². The second-order valence-corrected chi connectivity index (χ2v) is 4.31. The molecule has 0 spiro atoms. The highest BCUT2D eigenvalue weighted by Crippen LogP contribution is 2.33. The van der Waals surface area contributed by atoms with Crippen LogP contribution in [0.5, 0.6) is 0 Å². The lowest BCUT2D eigenvalue weighted by atomic mass is 10.2. The maximum atomic E-state index is 10.9. The monoisotopic (exact) mass is 181 g/mol. The maximum Gasteiger partial charge on any atom is 0.331 e. The predicted molar refractivity (Wildman–Crippen MR) is 41.2 cm³/mol. The molecule has 5 nitrogen and oxygen atoms in total. The molecule has 0 aliphatic heterocycles. The quantitative estimate of drug-likeness (QED) is 0.498. The highest BCUT2D eigenvalue weighted by molar-refractivity contribution is 7.46. The van der Waals surface area contributed by atoms with Gasteiger partial charge in [-0.25, -0.2) is 4.79 Å². The normalized spacial score (nSPS) is 18.8. The second-order valence-electron chi connectivity index (χ2n) is 2.31. The first-order valence-electron chi connectivity index (χ1n) is 3.09. The van der Waals surface area contributed by atoms with Crippen molar-refractivity contribution in [3.05, 3.63) is 0 Å². The molecule has 4 N–H and O–H groups in total. The highest BCUT2D eigenvalue weighted by Gasteiger charge is 2.37. The molecule has 0 aliphatic rings. The predicted octanol–water partition coefficient (Wildman–Crippen LogP) is -0.702. The summed E-state index contributed by atoms with van der Waals surface area (Å²) >= 11 is 0. The van der Waals surface area contributed by atoms with Crippen LogP contribution in [-0.4, -0.2) is 34.7 Å². The standard InChI is InChI=1S/C5H12NO4P/c1-11(10)5(6,2-3-7)4(8)9/h7,11H,2-3,6H2,1H3,(H,8,9). The van der Waals surface area contributed by atoms with Gasteiger partial charge in [0.15, 0.2) is 5.28 Å². The summed E-state index contributed by atoms with van der Waals surface area (Å²) in [6, 6.07) is 0. The zero-order chi connectivity index (χ0) is 9.07. The van der Waals surface area contributed by atoms with Gasteiger partial charge in [-0.2, -0.15) is 0 Å². The number of hydrogen-bond donors (Lipinski definition) is 3. The molecule has 0 aromatic heterocycles. The summed E-state index contributed by atoms with van der Waals surface area (Å²) in [5.41, 5.74) is 5.27. The number of carboxylic acid groups (broad SMARTS) is 1. The number of rotatable bonds is 4. The van der Waals surface area contributed by atoms with Crippen molar-refractivity contribution in [1.82, 2.24) is 0 Å². The van der Waals surface area contributed by atoms with E-state index in [2.05, 4.69) is 0 Å². The number of aliphatic carboxylic acids is 1. The number of carboxylic acids is 1. The average molecular weight is 181 g/mol. The molecule has 0 aromatic carbocycles. The van der Waals surface area contributed by atoms with E-state index < -0.39 is 19.1 Å². The molecular weight excluding hydrogens is 169 g/mol. The van der Waals surface area contributed by atoms with E-state index in [9.17, 15) is 9.36 Å². The second kappa shape index (κ2) is 3.85. The lowest BCUT2D eigenvalue weighted by Crippen LogP contribution is -2.45. The van der Waals surface area contributed by atoms with Crippen molar-refractivity contribution in [3.8, 4) is 0 Å². The Hall–Kier alpha value is -0.380. The molecule has 2 unspecified atom stereocenters. The van der Waals surface area contributed by atoms with Crippen LogP contribution in [0.3, 0.4) is 0 Å². The van der Waals surface area contributed by atoms with E-state index in [4.69, 9.17) is 15.9 Å². The Bertz CT molecular complexity index is 167. The fourth-order valence-corrected chi connectivity index (χ4v) is 1.37. The molecular formula is C5H12NO4P. The Morgan fingerprint density at radius 3 is 2.27 bits per heavy atom. The van der Waals surface area contributed by atoms with E-state index in [1.807, 2.05) is 0 Å². The van der Waals surface area contributed by atoms with Crippen molar-refractivity contribution in [2.45, 2.75) is 11.7 Å². The summed E-state index contributed by atoms with van der Waals surface area (Å²) in [5.74, 6) is -1.32. The molecule has 0 aromatic rings. The van der Waals surface area contributed by atoms with Crippen LogP contribution < -0.4 is 5.73 Å². The van der Waals surface area contributed by atoms with Gasteiger partial charge in [-0.05, 0) is 6.66 Å². The lowest BCUT2D eigenvalue weighted by Gasteiger charge is -2.20. The third-order valence-corrected chi connectivity index (χ3v) is 3.24. The third-order valence-electron chi connectivity index (χ3n) is 1.52. The first-order valence-corrected chi connectivity index (χ1v) is 5.00. The van der Waals surface area contributed by atoms with Gasteiger partial charge in [0, 0.05) is 13.0 Å². The van der Waals surface area contributed by atoms with E-state index in [0.717, 1.165) is 0 Å². The molecule has 0 fully saturated rings. The van der Waals surface area contributed by atoms with E-state index in [-0.39, 0.29) is 13.0 Å². The number of carbonyl (C=O) groups is 1. The molecule has 11 heavy (non-hydrogen) atoms. The first kappa shape index (κ1) is 10.6. The molecule has 0 amide bonds.